The van der Waals surface area contributed by atoms with Crippen LogP contribution in [0.1, 0.15) is 71.1 Å². The van der Waals surface area contributed by atoms with Gasteiger partial charge in [-0.05, 0) is 75.0 Å². The number of anilines is 1. The van der Waals surface area contributed by atoms with Crippen LogP contribution in [0.2, 0.25) is 5.02 Å². The highest BCUT2D eigenvalue weighted by atomic mass is 35.5. The molecule has 17 heteroatoms. The molecule has 0 aromatic heterocycles. The Morgan fingerprint density at radius 3 is 2.57 bits per heavy atom. The third-order valence-corrected chi connectivity index (χ3v) is 11.7. The van der Waals surface area contributed by atoms with Gasteiger partial charge in [-0.25, -0.2) is 4.79 Å². The van der Waals surface area contributed by atoms with Crippen molar-refractivity contribution in [2.45, 2.75) is 74.3 Å². The van der Waals surface area contributed by atoms with Gasteiger partial charge in [-0.15, -0.1) is 0 Å². The molecule has 3 aromatic carbocycles. The van der Waals surface area contributed by atoms with Crippen molar-refractivity contribution < 1.29 is 68.6 Å². The normalized spacial score (nSPS) is 28.9. The third kappa shape index (κ3) is 6.97. The molecule has 1 saturated heterocycles. The number of likely N-dealkylation sites (N-methyl/N-ethyl adjacent to an activating group) is 1. The van der Waals surface area contributed by atoms with Gasteiger partial charge < -0.3 is 64.4 Å². The highest BCUT2D eigenvalue weighted by molar-refractivity contribution is 6.32. The summed E-state index contributed by atoms with van der Waals surface area (Å²) in [4.78, 5) is 41.8. The number of quaternary nitrogens is 1. The Balaban J connectivity index is 1.23. The molecule has 11 rings (SSSR count). The van der Waals surface area contributed by atoms with E-state index in [0.29, 0.717) is 27.8 Å². The number of carbonyl (C=O) groups is 3. The number of hydrogen-bond donors (Lipinski definition) is 5. The first-order valence-electron chi connectivity index (χ1n) is 19.1. The van der Waals surface area contributed by atoms with Gasteiger partial charge in [0, 0.05) is 17.2 Å². The number of aliphatic hydroxyl groups is 2. The van der Waals surface area contributed by atoms with Crippen LogP contribution in [0.4, 0.5) is 5.69 Å². The Morgan fingerprint density at radius 1 is 1.08 bits per heavy atom. The summed E-state index contributed by atoms with van der Waals surface area (Å²) < 4.78 is 42.7. The largest absolute Gasteiger partial charge is 0.504 e. The summed E-state index contributed by atoms with van der Waals surface area (Å²) in [6, 6.07) is 9.59. The number of nitrogens with zero attached hydrogens (tertiary/aromatic N) is 1. The fourth-order valence-corrected chi connectivity index (χ4v) is 8.95. The van der Waals surface area contributed by atoms with E-state index in [9.17, 15) is 29.7 Å². The number of allylic oxidation sites excluding steroid dienone is 2. The molecule has 0 saturated carbocycles. The maximum Gasteiger partial charge on any atom is 0.341 e. The molecule has 8 atom stereocenters. The quantitative estimate of drug-likeness (QED) is 0.177. The number of hydrogen-bond acceptors (Lipinski definition) is 14. The van der Waals surface area contributed by atoms with E-state index < -0.39 is 78.4 Å². The number of ether oxygens (including phenoxy) is 7. The summed E-state index contributed by atoms with van der Waals surface area (Å²) in [5.74, 6) is -2.50. The van der Waals surface area contributed by atoms with Crippen LogP contribution in [0.3, 0.4) is 0 Å². The van der Waals surface area contributed by atoms with Crippen LogP contribution in [0, 0.1) is 0 Å². The first-order chi connectivity index (χ1) is 28.4. The number of phenols is 1. The summed E-state index contributed by atoms with van der Waals surface area (Å²) in [5.41, 5.74) is 3.94. The van der Waals surface area contributed by atoms with Gasteiger partial charge in [0.2, 0.25) is 0 Å². The van der Waals surface area contributed by atoms with E-state index in [1.54, 1.807) is 69.3 Å². The number of aromatic hydroxyl groups is 1. The van der Waals surface area contributed by atoms with Gasteiger partial charge >= 0.3 is 11.9 Å². The molecular weight excluding hydrogens is 802 g/mol. The van der Waals surface area contributed by atoms with E-state index >= 15 is 0 Å². The standard InChI is InChI=1S/C43H44ClN3O13/c1-19-39(52)46-33-25(15-22(54-6)16-30(33)56-19)40(53)57-31-18-55-32(49)17-28(45)21-13-27(44)36(29(48)14-21)58-38-23-10-9-20(31)12-24(23)26-8-7-11-43(26,38)60-41-35(51)34(50)37(47(4)5)42(2,3)59-41/h7-16,28,31,34-35,37-38,41,48,50-51H,1,17-18,45H2,2-6H3,(H,46,52)/p+1/t28-,31-,34-,35+,37-,38+,41-,43+/m0/s1. The van der Waals surface area contributed by atoms with Crippen LogP contribution >= 0.6 is 11.6 Å². The molecule has 3 aromatic rings. The Morgan fingerprint density at radius 2 is 1.85 bits per heavy atom. The van der Waals surface area contributed by atoms with Crippen LogP contribution in [0.25, 0.3) is 5.57 Å². The molecule has 7 N–H and O–H groups in total. The molecule has 0 spiro atoms. The number of methoxy groups -OCH3 is 1. The van der Waals surface area contributed by atoms with Crippen molar-refractivity contribution in [2.75, 3.05) is 33.1 Å². The average molecular weight is 847 g/mol. The van der Waals surface area contributed by atoms with E-state index in [2.05, 4.69) is 17.6 Å². The van der Waals surface area contributed by atoms with Gasteiger partial charge in [-0.3, -0.25) is 9.59 Å². The number of carbonyl (C=O) groups excluding carboxylic acids is 3. The fraction of sp³-hybridized carbons (Fsp3) is 0.372. The number of rotatable bonds is 6. The van der Waals surface area contributed by atoms with Crippen LogP contribution in [0.5, 0.6) is 23.0 Å². The summed E-state index contributed by atoms with van der Waals surface area (Å²) in [6.45, 7) is 6.75. The van der Waals surface area contributed by atoms with Crippen LogP contribution in [0.15, 0.2) is 73.0 Å². The maximum absolute atomic E-state index is 14.1. The number of esters is 2. The molecule has 0 unspecified atom stereocenters. The summed E-state index contributed by atoms with van der Waals surface area (Å²) in [5, 5.41) is 37.0. The van der Waals surface area contributed by atoms with Crippen molar-refractivity contribution in [3.63, 3.8) is 0 Å². The predicted octanol–water partition coefficient (Wildman–Crippen LogP) is 3.66. The Hall–Kier alpha value is -5.46. The molecule has 6 heterocycles. The van der Waals surface area contributed by atoms with E-state index in [1.807, 2.05) is 0 Å². The minimum Gasteiger partial charge on any atom is -0.504 e. The van der Waals surface area contributed by atoms with Gasteiger partial charge in [0.15, 0.2) is 47.1 Å². The Kier molecular flexibility index (Phi) is 10.5. The minimum atomic E-state index is -1.54. The molecule has 0 radical (unpaired) electrons. The molecule has 1 fully saturated rings. The first kappa shape index (κ1) is 41.3. The molecule has 2 aliphatic carbocycles. The minimum absolute atomic E-state index is 0.0313. The zero-order chi connectivity index (χ0) is 43.0. The highest BCUT2D eigenvalue weighted by Crippen LogP contribution is 2.58. The number of amides is 1. The zero-order valence-corrected chi connectivity index (χ0v) is 34.1. The Labute approximate surface area is 349 Å². The van der Waals surface area contributed by atoms with Crippen LogP contribution < -0.4 is 25.3 Å². The zero-order valence-electron chi connectivity index (χ0n) is 33.4. The number of fused-ring (bicyclic) bond motifs is 2. The van der Waals surface area contributed by atoms with Gasteiger partial charge in [-0.1, -0.05) is 42.5 Å². The van der Waals surface area contributed by atoms with Crippen molar-refractivity contribution in [3.05, 3.63) is 106 Å². The number of halogens is 1. The monoisotopic (exact) mass is 846 g/mol. The lowest BCUT2D eigenvalue weighted by Crippen LogP contribution is -2.67. The molecule has 8 aliphatic rings. The SMILES string of the molecule is C=C1Oc2cc(OC)cc(C(=O)O[C@H]3COC(=O)C[C@H]([NH3+])c4cc(O)c(c(Cl)c4)O[C@@H]4c5ccc3cc5C3=CC=C[C@@]34O[C@@H]3OC(C)(C)[C@@H](N(C)C)[C@@H](O)[C@H]3O)c2NC1=O. The second kappa shape index (κ2) is 15.2. The second-order valence-corrected chi connectivity index (χ2v) is 16.4. The first-order valence-corrected chi connectivity index (χ1v) is 19.5. The number of aliphatic hydroxyl groups excluding tert-OH is 2. The van der Waals surface area contributed by atoms with E-state index in [-0.39, 0.29) is 51.5 Å². The Bertz CT molecular complexity index is 2360. The summed E-state index contributed by atoms with van der Waals surface area (Å²) >= 11 is 6.80. The molecule has 6 bridgehead atoms. The lowest BCUT2D eigenvalue weighted by molar-refractivity contribution is -0.425. The average Bonchev–Trinajstić information content (AvgIpc) is 3.70. The molecule has 16 nitrogen and oxygen atoms in total. The number of benzene rings is 3. The second-order valence-electron chi connectivity index (χ2n) is 16.0. The molecule has 1 amide bonds. The topological polar surface area (TPSA) is 219 Å². The maximum atomic E-state index is 14.1. The van der Waals surface area contributed by atoms with E-state index in [4.69, 9.17) is 44.8 Å². The molecule has 316 valence electrons. The fourth-order valence-electron chi connectivity index (χ4n) is 8.68. The van der Waals surface area contributed by atoms with Crippen molar-refractivity contribution in [3.8, 4) is 23.0 Å². The van der Waals surface area contributed by atoms with Crippen LogP contribution in [-0.2, 0) is 28.5 Å². The highest BCUT2D eigenvalue weighted by Gasteiger charge is 2.58. The lowest BCUT2D eigenvalue weighted by Gasteiger charge is -2.51. The van der Waals surface area contributed by atoms with Gasteiger partial charge in [0.05, 0.1) is 35.0 Å². The van der Waals surface area contributed by atoms with Gasteiger partial charge in [0.25, 0.3) is 5.91 Å². The van der Waals surface area contributed by atoms with Crippen molar-refractivity contribution >= 4 is 40.7 Å². The molecular formula is C43H45ClN3O13+. The number of nitrogens with one attached hydrogen (secondary N) is 1. The third-order valence-electron chi connectivity index (χ3n) is 11.5. The van der Waals surface area contributed by atoms with Crippen molar-refractivity contribution in [2.24, 2.45) is 0 Å². The van der Waals surface area contributed by atoms with Crippen LogP contribution in [-0.4, -0.2) is 102 Å². The number of phenolic OH excluding ortho intramolecular Hbond substituents is 1. The lowest BCUT2D eigenvalue weighted by atomic mass is 9.86. The smallest absolute Gasteiger partial charge is 0.341 e. The van der Waals surface area contributed by atoms with E-state index in [0.717, 1.165) is 0 Å². The van der Waals surface area contributed by atoms with Crippen molar-refractivity contribution in [1.82, 2.24) is 4.90 Å². The van der Waals surface area contributed by atoms with E-state index in [1.165, 1.54) is 31.4 Å². The summed E-state index contributed by atoms with van der Waals surface area (Å²) in [6.07, 6.45) is -1.42. The predicted molar refractivity (Wildman–Crippen MR) is 213 cm³/mol. The van der Waals surface area contributed by atoms with Gasteiger partial charge in [0.1, 0.15) is 37.0 Å². The van der Waals surface area contributed by atoms with Crippen molar-refractivity contribution in [1.29, 1.82) is 0 Å². The molecule has 60 heavy (non-hydrogen) atoms. The van der Waals surface area contributed by atoms with Gasteiger partial charge in [-0.2, -0.15) is 0 Å². The molecule has 6 aliphatic heterocycles. The summed E-state index contributed by atoms with van der Waals surface area (Å²) in [7, 11) is 4.95.